The van der Waals surface area contributed by atoms with Crippen LogP contribution in [0.5, 0.6) is 5.75 Å². The number of aliphatic hydroxyl groups excluding tert-OH is 1. The van der Waals surface area contributed by atoms with E-state index >= 15 is 0 Å². The number of carbonyl (C=O) groups is 2. The van der Waals surface area contributed by atoms with E-state index in [4.69, 9.17) is 4.74 Å². The minimum atomic E-state index is -0.638. The lowest BCUT2D eigenvalue weighted by Gasteiger charge is -2.44. The fourth-order valence-electron chi connectivity index (χ4n) is 4.73. The highest BCUT2D eigenvalue weighted by atomic mass is 16.5. The first-order chi connectivity index (χ1) is 13.0. The Morgan fingerprint density at radius 3 is 2.81 bits per heavy atom. The third-order valence-electron chi connectivity index (χ3n) is 5.85. The van der Waals surface area contributed by atoms with Crippen LogP contribution in [-0.4, -0.2) is 53.7 Å². The predicted molar refractivity (Wildman–Crippen MR) is 98.9 cm³/mol. The molecule has 3 aliphatic rings. The van der Waals surface area contributed by atoms with Crippen LogP contribution in [0.25, 0.3) is 0 Å². The molecule has 4 atom stereocenters. The second-order valence-electron chi connectivity index (χ2n) is 7.39. The third-order valence-corrected chi connectivity index (χ3v) is 5.85. The molecule has 1 aromatic carbocycles. The Morgan fingerprint density at radius 2 is 2.07 bits per heavy atom. The van der Waals surface area contributed by atoms with Crippen LogP contribution in [0.15, 0.2) is 35.5 Å². The van der Waals surface area contributed by atoms with Gasteiger partial charge in [-0.2, -0.15) is 0 Å². The maximum absolute atomic E-state index is 12.8. The molecule has 0 bridgehead atoms. The highest BCUT2D eigenvalue weighted by Gasteiger charge is 2.48. The molecule has 4 rings (SSSR count). The number of nitrogens with one attached hydrogen (secondary N) is 2. The molecular formula is C20H25N3O4. The minimum Gasteiger partial charge on any atom is -0.496 e. The number of hydrogen-bond acceptors (Lipinski definition) is 5. The lowest BCUT2D eigenvalue weighted by atomic mass is 9.85. The van der Waals surface area contributed by atoms with E-state index in [-0.39, 0.29) is 17.9 Å². The highest BCUT2D eigenvalue weighted by Crippen LogP contribution is 2.43. The first kappa shape index (κ1) is 17.9. The molecule has 4 unspecified atom stereocenters. The molecule has 7 nitrogen and oxygen atoms in total. The van der Waals surface area contributed by atoms with Crippen molar-refractivity contribution in [1.29, 1.82) is 0 Å². The lowest BCUT2D eigenvalue weighted by Crippen LogP contribution is -2.59. The van der Waals surface area contributed by atoms with Gasteiger partial charge in [0.05, 0.1) is 37.4 Å². The number of benzene rings is 1. The van der Waals surface area contributed by atoms with Crippen LogP contribution in [0.4, 0.5) is 0 Å². The molecule has 27 heavy (non-hydrogen) atoms. The molecule has 7 heteroatoms. The van der Waals surface area contributed by atoms with Gasteiger partial charge in [0.2, 0.25) is 5.91 Å². The van der Waals surface area contributed by atoms with Gasteiger partial charge in [-0.1, -0.05) is 18.2 Å². The second-order valence-corrected chi connectivity index (χ2v) is 7.39. The van der Waals surface area contributed by atoms with Crippen molar-refractivity contribution in [3.8, 4) is 5.75 Å². The largest absolute Gasteiger partial charge is 0.496 e. The maximum atomic E-state index is 12.8. The molecule has 1 aromatic rings. The van der Waals surface area contributed by atoms with Crippen LogP contribution in [0, 0.1) is 0 Å². The van der Waals surface area contributed by atoms with Crippen molar-refractivity contribution < 1.29 is 19.4 Å². The molecule has 2 amide bonds. The molecule has 1 fully saturated rings. The Morgan fingerprint density at radius 1 is 1.30 bits per heavy atom. The summed E-state index contributed by atoms with van der Waals surface area (Å²) in [6, 6.07) is 6.35. The quantitative estimate of drug-likeness (QED) is 0.717. The Bertz CT molecular complexity index is 806. The molecule has 144 valence electrons. The summed E-state index contributed by atoms with van der Waals surface area (Å²) in [5, 5.41) is 17.1. The van der Waals surface area contributed by atoms with E-state index in [1.165, 1.54) is 6.92 Å². The van der Waals surface area contributed by atoms with Crippen molar-refractivity contribution >= 4 is 11.8 Å². The van der Waals surface area contributed by atoms with Gasteiger partial charge in [-0.15, -0.1) is 0 Å². The summed E-state index contributed by atoms with van der Waals surface area (Å²) in [6.07, 6.45) is 1.72. The smallest absolute Gasteiger partial charge is 0.251 e. The first-order valence-corrected chi connectivity index (χ1v) is 9.40. The SMILES string of the molecule is COc1ccccc1C1C2=C(CNC2=O)NC2CCCC(O)C2N1C(C)=O. The number of rotatable bonds is 2. The van der Waals surface area contributed by atoms with Crippen LogP contribution in [0.1, 0.15) is 37.8 Å². The number of methoxy groups -OCH3 is 1. The van der Waals surface area contributed by atoms with E-state index in [1.54, 1.807) is 12.0 Å². The average Bonchev–Trinajstić information content (AvgIpc) is 2.93. The number of nitrogens with zero attached hydrogens (tertiary/aromatic N) is 1. The molecule has 2 aliphatic heterocycles. The lowest BCUT2D eigenvalue weighted by molar-refractivity contribution is -0.138. The predicted octanol–water partition coefficient (Wildman–Crippen LogP) is 0.854. The van der Waals surface area contributed by atoms with Gasteiger partial charge in [-0.25, -0.2) is 0 Å². The van der Waals surface area contributed by atoms with Crippen LogP contribution in [0.3, 0.4) is 0 Å². The van der Waals surface area contributed by atoms with Crippen molar-refractivity contribution in [3.05, 3.63) is 41.1 Å². The van der Waals surface area contributed by atoms with E-state index in [9.17, 15) is 14.7 Å². The molecule has 1 aliphatic carbocycles. The molecule has 0 saturated heterocycles. The van der Waals surface area contributed by atoms with E-state index in [0.717, 1.165) is 24.1 Å². The van der Waals surface area contributed by atoms with Gasteiger partial charge in [0.1, 0.15) is 5.75 Å². The number of carbonyl (C=O) groups excluding carboxylic acids is 2. The fourth-order valence-corrected chi connectivity index (χ4v) is 4.73. The maximum Gasteiger partial charge on any atom is 0.251 e. The van der Waals surface area contributed by atoms with Crippen molar-refractivity contribution in [1.82, 2.24) is 15.5 Å². The molecular weight excluding hydrogens is 346 g/mol. The van der Waals surface area contributed by atoms with Crippen molar-refractivity contribution in [3.63, 3.8) is 0 Å². The van der Waals surface area contributed by atoms with E-state index in [0.29, 0.717) is 24.3 Å². The third kappa shape index (κ3) is 2.86. The van der Waals surface area contributed by atoms with Crippen LogP contribution < -0.4 is 15.4 Å². The summed E-state index contributed by atoms with van der Waals surface area (Å²) in [7, 11) is 1.58. The van der Waals surface area contributed by atoms with E-state index in [2.05, 4.69) is 10.6 Å². The minimum absolute atomic E-state index is 0.0879. The summed E-state index contributed by atoms with van der Waals surface area (Å²) >= 11 is 0. The number of ether oxygens (including phenoxy) is 1. The van der Waals surface area contributed by atoms with Crippen LogP contribution in [-0.2, 0) is 9.59 Å². The monoisotopic (exact) mass is 371 g/mol. The van der Waals surface area contributed by atoms with Crippen molar-refractivity contribution in [2.45, 2.75) is 50.4 Å². The Kier molecular flexibility index (Phi) is 4.55. The van der Waals surface area contributed by atoms with Gasteiger partial charge in [-0.05, 0) is 25.3 Å². The van der Waals surface area contributed by atoms with Crippen LogP contribution >= 0.6 is 0 Å². The zero-order valence-corrected chi connectivity index (χ0v) is 15.6. The van der Waals surface area contributed by atoms with Gasteiger partial charge in [0.15, 0.2) is 0 Å². The van der Waals surface area contributed by atoms with Crippen molar-refractivity contribution in [2.75, 3.05) is 13.7 Å². The molecule has 1 saturated carbocycles. The van der Waals surface area contributed by atoms with Gasteiger partial charge in [0.25, 0.3) is 5.91 Å². The highest BCUT2D eigenvalue weighted by molar-refractivity contribution is 5.99. The molecule has 0 spiro atoms. The van der Waals surface area contributed by atoms with Crippen molar-refractivity contribution in [2.24, 2.45) is 0 Å². The van der Waals surface area contributed by atoms with Gasteiger partial charge in [-0.3, -0.25) is 9.59 Å². The van der Waals surface area contributed by atoms with Gasteiger partial charge in [0, 0.05) is 24.2 Å². The summed E-state index contributed by atoms with van der Waals surface area (Å²) < 4.78 is 5.54. The van der Waals surface area contributed by atoms with E-state index < -0.39 is 18.2 Å². The topological polar surface area (TPSA) is 90.9 Å². The standard InChI is InChI=1S/C20H25N3O4/c1-11(24)23-18(12-6-3-4-9-16(12)27-2)17-14(10-21-20(17)26)22-13-7-5-8-15(25)19(13)23/h3-4,6,9,13,15,18-19,22,25H,5,7-8,10H2,1-2H3,(H,21,26). The number of hydrogen-bond donors (Lipinski definition) is 3. The number of amides is 2. The first-order valence-electron chi connectivity index (χ1n) is 9.40. The zero-order chi connectivity index (χ0) is 19.1. The Hall–Kier alpha value is -2.54. The normalized spacial score (nSPS) is 30.0. The van der Waals surface area contributed by atoms with E-state index in [1.807, 2.05) is 24.3 Å². The Labute approximate surface area is 158 Å². The number of fused-ring (bicyclic) bond motifs is 1. The van der Waals surface area contributed by atoms with Gasteiger partial charge >= 0.3 is 0 Å². The summed E-state index contributed by atoms with van der Waals surface area (Å²) in [5.74, 6) is 0.258. The summed E-state index contributed by atoms with van der Waals surface area (Å²) in [6.45, 7) is 1.91. The molecule has 0 radical (unpaired) electrons. The number of aliphatic hydroxyl groups is 1. The second kappa shape index (κ2) is 6.88. The van der Waals surface area contributed by atoms with Gasteiger partial charge < -0.3 is 25.4 Å². The summed E-state index contributed by atoms with van der Waals surface area (Å²) in [4.78, 5) is 27.3. The molecule has 0 aromatic heterocycles. The fraction of sp³-hybridized carbons (Fsp3) is 0.500. The Balaban J connectivity index is 1.93. The summed E-state index contributed by atoms with van der Waals surface area (Å²) in [5.41, 5.74) is 2.10. The molecule has 3 N–H and O–H groups in total. The number of para-hydroxylation sites is 1. The average molecular weight is 371 g/mol. The molecule has 2 heterocycles. The van der Waals surface area contributed by atoms with Crippen LogP contribution in [0.2, 0.25) is 0 Å². The zero-order valence-electron chi connectivity index (χ0n) is 15.6.